The molecule has 1 amide bonds. The molecule has 0 aromatic rings. The van der Waals surface area contributed by atoms with Crippen molar-refractivity contribution < 1.29 is 32.9 Å². The Morgan fingerprint density at radius 1 is 0.415 bits per heavy atom. The summed E-state index contributed by atoms with van der Waals surface area (Å²) in [7, 11) is 1.56. The lowest BCUT2D eigenvalue weighted by molar-refractivity contribution is -0.870. The highest BCUT2D eigenvalue weighted by atomic mass is 31.2. The molecule has 82 heavy (non-hydrogen) atoms. The number of nitrogens with one attached hydrogen (secondary N) is 1. The Labute approximate surface area is 511 Å². The monoisotopic (exact) mass is 1170 g/mol. The summed E-state index contributed by atoms with van der Waals surface area (Å²) in [5.41, 5.74) is 0. The van der Waals surface area contributed by atoms with Crippen LogP contribution < -0.4 is 5.32 Å². The summed E-state index contributed by atoms with van der Waals surface area (Å²) in [4.78, 5) is 23.4. The van der Waals surface area contributed by atoms with E-state index in [0.29, 0.717) is 17.4 Å². The van der Waals surface area contributed by atoms with Gasteiger partial charge in [0.2, 0.25) is 5.91 Å². The second-order valence-electron chi connectivity index (χ2n) is 25.6. The van der Waals surface area contributed by atoms with E-state index in [1.807, 2.05) is 27.2 Å². The quantitative estimate of drug-likeness (QED) is 0.0243. The number of quaternary nitrogens is 1. The van der Waals surface area contributed by atoms with E-state index in [1.54, 1.807) is 6.08 Å². The molecule has 0 rings (SSSR count). The summed E-state index contributed by atoms with van der Waals surface area (Å²) in [5.74, 6) is -0.185. The summed E-state index contributed by atoms with van der Waals surface area (Å²) >= 11 is 0. The lowest BCUT2D eigenvalue weighted by Crippen LogP contribution is -2.45. The number of aliphatic hydroxyl groups excluding tert-OH is 1. The molecular weight excluding hydrogens is 1030 g/mol. The molecule has 0 aromatic heterocycles. The summed E-state index contributed by atoms with van der Waals surface area (Å²) in [6.07, 6.45) is 88.1. The van der Waals surface area contributed by atoms with Gasteiger partial charge in [-0.05, 0) is 77.0 Å². The van der Waals surface area contributed by atoms with Crippen LogP contribution in [0.5, 0.6) is 0 Å². The van der Waals surface area contributed by atoms with Crippen LogP contribution in [0.3, 0.4) is 0 Å². The van der Waals surface area contributed by atoms with E-state index in [4.69, 9.17) is 9.05 Å². The fraction of sp³-hybridized carbons (Fsp3) is 0.849. The van der Waals surface area contributed by atoms with Gasteiger partial charge in [-0.3, -0.25) is 13.8 Å². The number of carbonyl (C=O) groups excluding carboxylic acids is 1. The molecule has 0 saturated carbocycles. The van der Waals surface area contributed by atoms with Crippen LogP contribution in [0.25, 0.3) is 0 Å². The summed E-state index contributed by atoms with van der Waals surface area (Å²) in [6, 6.07) is -0.872. The maximum absolute atomic E-state index is 13.0. The number of phosphoric ester groups is 1. The van der Waals surface area contributed by atoms with Gasteiger partial charge in [-0.1, -0.05) is 325 Å². The van der Waals surface area contributed by atoms with Crippen molar-refractivity contribution in [3.63, 3.8) is 0 Å². The average Bonchev–Trinajstić information content (AvgIpc) is 3.45. The second kappa shape index (κ2) is 63.7. The fourth-order valence-electron chi connectivity index (χ4n) is 10.6. The first-order chi connectivity index (χ1) is 40.0. The first-order valence-electron chi connectivity index (χ1n) is 35.7. The number of hydrogen-bond acceptors (Lipinski definition) is 5. The number of allylic oxidation sites excluding steroid dienone is 9. The SMILES string of the molecule is CCCCCCC/C=C\C/C=C\CCCCCCCCCCCCCCCCCCCCCCCCCC(=O)NC(COP(=O)(O)OCC[N+](C)(C)C)C(O)/C=C/CC/C=C/CC/C=C/CCCCCCCCCCCCCCCCC. The van der Waals surface area contributed by atoms with Gasteiger partial charge in [0, 0.05) is 6.42 Å². The molecule has 3 unspecified atom stereocenters. The number of phosphoric acid groups is 1. The molecule has 0 saturated heterocycles. The van der Waals surface area contributed by atoms with Gasteiger partial charge < -0.3 is 19.8 Å². The Hall–Kier alpha value is -1.80. The molecule has 482 valence electrons. The number of carbonyl (C=O) groups is 1. The van der Waals surface area contributed by atoms with Crippen molar-refractivity contribution in [2.45, 2.75) is 360 Å². The highest BCUT2D eigenvalue weighted by molar-refractivity contribution is 7.47. The maximum atomic E-state index is 13.0. The van der Waals surface area contributed by atoms with Crippen LogP contribution in [0.15, 0.2) is 60.8 Å². The molecule has 0 aromatic carbocycles. The molecule has 3 atom stereocenters. The molecule has 0 aliphatic heterocycles. The number of rotatable bonds is 66. The lowest BCUT2D eigenvalue weighted by atomic mass is 10.0. The zero-order valence-corrected chi connectivity index (χ0v) is 56.1. The molecule has 0 heterocycles. The van der Waals surface area contributed by atoms with Crippen LogP contribution in [-0.2, 0) is 18.4 Å². The Balaban J connectivity index is 4.06. The Morgan fingerprint density at radius 2 is 0.707 bits per heavy atom. The topological polar surface area (TPSA) is 105 Å². The van der Waals surface area contributed by atoms with Crippen LogP contribution >= 0.6 is 7.82 Å². The van der Waals surface area contributed by atoms with Crippen molar-refractivity contribution in [1.82, 2.24) is 5.32 Å². The molecule has 8 nitrogen and oxygen atoms in total. The molecule has 9 heteroatoms. The highest BCUT2D eigenvalue weighted by Gasteiger charge is 2.28. The van der Waals surface area contributed by atoms with Crippen LogP contribution in [0.2, 0.25) is 0 Å². The zero-order chi connectivity index (χ0) is 59.8. The largest absolute Gasteiger partial charge is 0.472 e. The molecule has 0 aliphatic carbocycles. The van der Waals surface area contributed by atoms with Gasteiger partial charge >= 0.3 is 7.82 Å². The minimum absolute atomic E-state index is 0.0539. The van der Waals surface area contributed by atoms with Crippen molar-refractivity contribution in [3.8, 4) is 0 Å². The standard InChI is InChI=1S/C73H139N2O6P/c1-6-8-10-12-14-16-18-20-22-24-26-28-30-32-33-34-35-36-37-38-39-40-41-43-45-47-49-51-53-55-57-59-61-63-65-67-73(77)74-71(70-81-82(78,79)80-69-68-75(3,4)5)72(76)66-64-62-60-58-56-54-52-50-48-46-44-42-31-29-27-25-23-21-19-17-15-13-11-9-7-2/h18,20,24,26,48,50,56,58,64,66,71-72,76H,6-17,19,21-23,25,27-47,49,51-55,57,59-63,65,67-70H2,1-5H3,(H-,74,77,78,79)/p+1/b20-18-,26-24-,50-48+,58-56+,66-64+. The average molecular weight is 1170 g/mol. The van der Waals surface area contributed by atoms with Gasteiger partial charge in [-0.15, -0.1) is 0 Å². The number of unbranched alkanes of at least 4 members (excludes halogenated alkanes) is 45. The molecule has 0 fully saturated rings. The van der Waals surface area contributed by atoms with Crippen molar-refractivity contribution in [2.75, 3.05) is 40.9 Å². The third kappa shape index (κ3) is 65.7. The molecular formula is C73H140N2O6P+. The molecule has 0 bridgehead atoms. The lowest BCUT2D eigenvalue weighted by Gasteiger charge is -2.25. The van der Waals surface area contributed by atoms with Crippen LogP contribution in [-0.4, -0.2) is 73.4 Å². The molecule has 3 N–H and O–H groups in total. The van der Waals surface area contributed by atoms with E-state index in [2.05, 4.69) is 67.8 Å². The summed E-state index contributed by atoms with van der Waals surface area (Å²) in [5, 5.41) is 14.0. The van der Waals surface area contributed by atoms with Gasteiger partial charge in [0.25, 0.3) is 0 Å². The number of likely N-dealkylation sites (N-methyl/N-ethyl adjacent to an activating group) is 1. The van der Waals surface area contributed by atoms with Gasteiger partial charge in [0.05, 0.1) is 39.9 Å². The first-order valence-corrected chi connectivity index (χ1v) is 37.2. The minimum Gasteiger partial charge on any atom is -0.387 e. The molecule has 0 aliphatic rings. The third-order valence-electron chi connectivity index (χ3n) is 16.2. The number of aliphatic hydroxyl groups is 1. The predicted octanol–water partition coefficient (Wildman–Crippen LogP) is 22.8. The van der Waals surface area contributed by atoms with Crippen LogP contribution in [0.4, 0.5) is 0 Å². The molecule has 0 spiro atoms. The van der Waals surface area contributed by atoms with E-state index in [0.717, 1.165) is 51.4 Å². The highest BCUT2D eigenvalue weighted by Crippen LogP contribution is 2.43. The number of hydrogen-bond donors (Lipinski definition) is 3. The van der Waals surface area contributed by atoms with Crippen molar-refractivity contribution in [2.24, 2.45) is 0 Å². The van der Waals surface area contributed by atoms with Crippen molar-refractivity contribution in [1.29, 1.82) is 0 Å². The minimum atomic E-state index is -4.37. The second-order valence-corrected chi connectivity index (χ2v) is 27.0. The fourth-order valence-corrected chi connectivity index (χ4v) is 11.4. The number of nitrogens with zero attached hydrogens (tertiary/aromatic N) is 1. The molecule has 0 radical (unpaired) electrons. The van der Waals surface area contributed by atoms with E-state index < -0.39 is 20.0 Å². The van der Waals surface area contributed by atoms with Crippen molar-refractivity contribution in [3.05, 3.63) is 60.8 Å². The summed E-state index contributed by atoms with van der Waals surface area (Å²) in [6.45, 7) is 4.82. The predicted molar refractivity (Wildman–Crippen MR) is 360 cm³/mol. The van der Waals surface area contributed by atoms with Gasteiger partial charge in [-0.25, -0.2) is 4.57 Å². The van der Waals surface area contributed by atoms with E-state index in [1.165, 1.54) is 276 Å². The Kier molecular flexibility index (Phi) is 62.3. The van der Waals surface area contributed by atoms with Crippen LogP contribution in [0.1, 0.15) is 348 Å². The zero-order valence-electron chi connectivity index (χ0n) is 55.2. The Morgan fingerprint density at radius 3 is 1.05 bits per heavy atom. The summed E-state index contributed by atoms with van der Waals surface area (Å²) < 4.78 is 23.8. The van der Waals surface area contributed by atoms with Gasteiger partial charge in [-0.2, -0.15) is 0 Å². The van der Waals surface area contributed by atoms with E-state index in [-0.39, 0.29) is 19.1 Å². The Bertz CT molecular complexity index is 1520. The first kappa shape index (κ1) is 80.2. The third-order valence-corrected chi connectivity index (χ3v) is 17.2. The maximum Gasteiger partial charge on any atom is 0.472 e. The van der Waals surface area contributed by atoms with E-state index in [9.17, 15) is 19.4 Å². The van der Waals surface area contributed by atoms with Crippen LogP contribution in [0, 0.1) is 0 Å². The normalized spacial score (nSPS) is 14.0. The van der Waals surface area contributed by atoms with Gasteiger partial charge in [0.15, 0.2) is 0 Å². The number of amides is 1. The smallest absolute Gasteiger partial charge is 0.387 e. The van der Waals surface area contributed by atoms with E-state index >= 15 is 0 Å². The van der Waals surface area contributed by atoms with Gasteiger partial charge in [0.1, 0.15) is 13.2 Å². The van der Waals surface area contributed by atoms with Crippen molar-refractivity contribution >= 4 is 13.7 Å².